The largest absolute Gasteiger partial charge is 0.378 e. The molecule has 3 heterocycles. The number of morpholine rings is 1. The number of anilines is 2. The van der Waals surface area contributed by atoms with Gasteiger partial charge in [-0.25, -0.2) is 4.98 Å². The van der Waals surface area contributed by atoms with Crippen LogP contribution >= 0.6 is 11.6 Å². The van der Waals surface area contributed by atoms with Crippen LogP contribution in [0.1, 0.15) is 23.4 Å². The first-order valence-electron chi connectivity index (χ1n) is 10.9. The summed E-state index contributed by atoms with van der Waals surface area (Å²) in [5.74, 6) is 0.438. The lowest BCUT2D eigenvalue weighted by Crippen LogP contribution is -2.38. The summed E-state index contributed by atoms with van der Waals surface area (Å²) in [5, 5.41) is 0.595. The van der Waals surface area contributed by atoms with Gasteiger partial charge in [0.25, 0.3) is 5.56 Å². The van der Waals surface area contributed by atoms with E-state index in [-0.39, 0.29) is 17.9 Å². The number of H-pyrrole nitrogens is 1. The van der Waals surface area contributed by atoms with Gasteiger partial charge in [-0.1, -0.05) is 17.7 Å². The molecular weight excluding hydrogens is 442 g/mol. The second-order valence-electron chi connectivity index (χ2n) is 7.83. The molecule has 4 rings (SSSR count). The average Bonchev–Trinajstić information content (AvgIpc) is 2.83. The molecule has 3 aromatic rings. The molecule has 1 N–H and O–H groups in total. The Balaban J connectivity index is 1.51. The maximum atomic E-state index is 13.3. The first-order chi connectivity index (χ1) is 16.0. The summed E-state index contributed by atoms with van der Waals surface area (Å²) in [6.45, 7) is 4.72. The molecule has 1 aromatic carbocycles. The minimum Gasteiger partial charge on any atom is -0.378 e. The van der Waals surface area contributed by atoms with Gasteiger partial charge in [0.1, 0.15) is 0 Å². The number of amides is 1. The molecule has 1 saturated heterocycles. The van der Waals surface area contributed by atoms with Gasteiger partial charge in [0.05, 0.1) is 25.5 Å². The quantitative estimate of drug-likeness (QED) is 0.574. The molecule has 1 amide bonds. The molecule has 1 aliphatic heterocycles. The SMILES string of the molecule is Cc1nc(N2CCOCC2)[nH]c(=O)c1CCC(=O)N(Cc1ccccn1)c1ccc(Cl)cc1. The maximum Gasteiger partial charge on any atom is 0.255 e. The maximum absolute atomic E-state index is 13.3. The number of aromatic nitrogens is 3. The molecule has 0 atom stereocenters. The van der Waals surface area contributed by atoms with Crippen molar-refractivity contribution in [1.82, 2.24) is 15.0 Å². The van der Waals surface area contributed by atoms with Crippen molar-refractivity contribution in [2.24, 2.45) is 0 Å². The Bertz CT molecular complexity index is 1150. The van der Waals surface area contributed by atoms with Crippen LogP contribution in [-0.4, -0.2) is 47.2 Å². The lowest BCUT2D eigenvalue weighted by atomic mass is 10.1. The van der Waals surface area contributed by atoms with Gasteiger partial charge in [0.15, 0.2) is 0 Å². The summed E-state index contributed by atoms with van der Waals surface area (Å²) in [6, 6.07) is 12.7. The van der Waals surface area contributed by atoms with Crippen molar-refractivity contribution in [3.05, 3.63) is 81.0 Å². The number of carbonyl (C=O) groups is 1. The molecule has 0 saturated carbocycles. The molecule has 2 aromatic heterocycles. The zero-order valence-corrected chi connectivity index (χ0v) is 19.2. The van der Waals surface area contributed by atoms with Crippen LogP contribution in [0.25, 0.3) is 0 Å². The van der Waals surface area contributed by atoms with E-state index in [1.54, 1.807) is 35.4 Å². The highest BCUT2D eigenvalue weighted by Gasteiger charge is 2.20. The minimum absolute atomic E-state index is 0.112. The summed E-state index contributed by atoms with van der Waals surface area (Å²) in [5.41, 5.74) is 2.44. The molecule has 172 valence electrons. The monoisotopic (exact) mass is 467 g/mol. The number of halogens is 1. The smallest absolute Gasteiger partial charge is 0.255 e. The van der Waals surface area contributed by atoms with Gasteiger partial charge in [-0.05, 0) is 49.7 Å². The van der Waals surface area contributed by atoms with Gasteiger partial charge in [-0.3, -0.25) is 19.6 Å². The van der Waals surface area contributed by atoms with Crippen LogP contribution in [0.5, 0.6) is 0 Å². The molecule has 0 aliphatic carbocycles. The summed E-state index contributed by atoms with van der Waals surface area (Å²) >= 11 is 6.03. The molecule has 1 aliphatic rings. The van der Waals surface area contributed by atoms with Crippen molar-refractivity contribution in [2.45, 2.75) is 26.3 Å². The molecule has 0 unspecified atom stereocenters. The van der Waals surface area contributed by atoms with Crippen LogP contribution in [0, 0.1) is 6.92 Å². The Kier molecular flexibility index (Phi) is 7.36. The fraction of sp³-hybridized carbons (Fsp3) is 0.333. The highest BCUT2D eigenvalue weighted by molar-refractivity contribution is 6.30. The Labute approximate surface area is 197 Å². The van der Waals surface area contributed by atoms with Crippen molar-refractivity contribution in [3.8, 4) is 0 Å². The topological polar surface area (TPSA) is 91.4 Å². The Morgan fingerprint density at radius 3 is 2.61 bits per heavy atom. The fourth-order valence-corrected chi connectivity index (χ4v) is 3.91. The summed E-state index contributed by atoms with van der Waals surface area (Å²) in [7, 11) is 0. The number of rotatable bonds is 7. The number of carbonyl (C=O) groups excluding carboxylic acids is 1. The molecule has 33 heavy (non-hydrogen) atoms. The van der Waals surface area contributed by atoms with Crippen molar-refractivity contribution < 1.29 is 9.53 Å². The zero-order chi connectivity index (χ0) is 23.2. The van der Waals surface area contributed by atoms with E-state index in [4.69, 9.17) is 16.3 Å². The molecule has 0 radical (unpaired) electrons. The van der Waals surface area contributed by atoms with Crippen LogP contribution in [-0.2, 0) is 22.5 Å². The highest BCUT2D eigenvalue weighted by Crippen LogP contribution is 2.21. The second kappa shape index (κ2) is 10.6. The first kappa shape index (κ1) is 22.9. The Morgan fingerprint density at radius 2 is 1.94 bits per heavy atom. The van der Waals surface area contributed by atoms with Crippen LogP contribution in [0.4, 0.5) is 11.6 Å². The lowest BCUT2D eigenvalue weighted by molar-refractivity contribution is -0.118. The second-order valence-corrected chi connectivity index (χ2v) is 8.27. The van der Waals surface area contributed by atoms with Crippen molar-refractivity contribution >= 4 is 29.1 Å². The van der Waals surface area contributed by atoms with Crippen LogP contribution in [0.2, 0.25) is 5.02 Å². The van der Waals surface area contributed by atoms with Crippen molar-refractivity contribution in [1.29, 1.82) is 0 Å². The normalized spacial score (nSPS) is 13.7. The number of hydrogen-bond donors (Lipinski definition) is 1. The average molecular weight is 468 g/mol. The van der Waals surface area contributed by atoms with E-state index in [0.717, 1.165) is 11.4 Å². The molecule has 0 bridgehead atoms. The zero-order valence-electron chi connectivity index (χ0n) is 18.5. The minimum atomic E-state index is -0.209. The van der Waals surface area contributed by atoms with E-state index < -0.39 is 0 Å². The van der Waals surface area contributed by atoms with E-state index in [9.17, 15) is 9.59 Å². The lowest BCUT2D eigenvalue weighted by Gasteiger charge is -2.27. The van der Waals surface area contributed by atoms with Gasteiger partial charge in [-0.15, -0.1) is 0 Å². The number of aromatic amines is 1. The standard InChI is InChI=1S/C24H26ClN5O3/c1-17-21(23(32)28-24(27-17)29-12-14-33-15-13-29)9-10-22(31)30(16-19-4-2-3-11-26-19)20-7-5-18(25)6-8-20/h2-8,11H,9-10,12-16H2,1H3,(H,27,28,32). The van der Waals surface area contributed by atoms with Gasteiger partial charge in [-0.2, -0.15) is 0 Å². The fourth-order valence-electron chi connectivity index (χ4n) is 3.78. The van der Waals surface area contributed by atoms with E-state index in [1.165, 1.54) is 0 Å². The predicted molar refractivity (Wildman–Crippen MR) is 128 cm³/mol. The third-order valence-corrected chi connectivity index (χ3v) is 5.85. The van der Waals surface area contributed by atoms with Gasteiger partial charge in [0.2, 0.25) is 11.9 Å². The summed E-state index contributed by atoms with van der Waals surface area (Å²) in [6.07, 6.45) is 2.16. The number of ether oxygens (including phenoxy) is 1. The first-order valence-corrected chi connectivity index (χ1v) is 11.3. The van der Waals surface area contributed by atoms with E-state index in [0.29, 0.717) is 61.5 Å². The van der Waals surface area contributed by atoms with E-state index >= 15 is 0 Å². The number of hydrogen-bond acceptors (Lipinski definition) is 6. The number of benzene rings is 1. The Hall–Kier alpha value is -3.23. The number of aryl methyl sites for hydroxylation is 1. The van der Waals surface area contributed by atoms with Crippen molar-refractivity contribution in [2.75, 3.05) is 36.1 Å². The van der Waals surface area contributed by atoms with E-state index in [2.05, 4.69) is 15.0 Å². The third kappa shape index (κ3) is 5.77. The van der Waals surface area contributed by atoms with Gasteiger partial charge in [0, 0.05) is 47.7 Å². The van der Waals surface area contributed by atoms with Crippen LogP contribution in [0.15, 0.2) is 53.5 Å². The number of nitrogens with one attached hydrogen (secondary N) is 1. The highest BCUT2D eigenvalue weighted by atomic mass is 35.5. The molecule has 1 fully saturated rings. The van der Waals surface area contributed by atoms with Crippen molar-refractivity contribution in [3.63, 3.8) is 0 Å². The third-order valence-electron chi connectivity index (χ3n) is 5.59. The van der Waals surface area contributed by atoms with E-state index in [1.807, 2.05) is 30.0 Å². The molecule has 9 heteroatoms. The number of nitrogens with zero attached hydrogens (tertiary/aromatic N) is 4. The summed E-state index contributed by atoms with van der Waals surface area (Å²) < 4.78 is 5.36. The van der Waals surface area contributed by atoms with Crippen LogP contribution < -0.4 is 15.4 Å². The molecule has 0 spiro atoms. The molecule has 8 nitrogen and oxygen atoms in total. The number of pyridine rings is 1. The Morgan fingerprint density at radius 1 is 1.18 bits per heavy atom. The molecular formula is C24H26ClN5O3. The summed E-state index contributed by atoms with van der Waals surface area (Å²) in [4.78, 5) is 41.5. The van der Waals surface area contributed by atoms with Gasteiger partial charge < -0.3 is 14.5 Å². The van der Waals surface area contributed by atoms with Gasteiger partial charge >= 0.3 is 0 Å². The van der Waals surface area contributed by atoms with Crippen LogP contribution in [0.3, 0.4) is 0 Å². The predicted octanol–water partition coefficient (Wildman–Crippen LogP) is 3.13.